The van der Waals surface area contributed by atoms with Crippen LogP contribution in [0, 0.1) is 0 Å². The summed E-state index contributed by atoms with van der Waals surface area (Å²) >= 11 is 0. The van der Waals surface area contributed by atoms with Gasteiger partial charge in [-0.25, -0.2) is 0 Å². The molecule has 5 heteroatoms. The summed E-state index contributed by atoms with van der Waals surface area (Å²) in [5.41, 5.74) is 8.92. The van der Waals surface area contributed by atoms with E-state index in [0.717, 1.165) is 16.7 Å². The lowest BCUT2D eigenvalue weighted by molar-refractivity contribution is -0.115. The number of hydrogen-bond acceptors (Lipinski definition) is 4. The lowest BCUT2D eigenvalue weighted by Crippen LogP contribution is -2.28. The fourth-order valence-electron chi connectivity index (χ4n) is 2.26. The van der Waals surface area contributed by atoms with E-state index in [0.29, 0.717) is 13.1 Å². The zero-order valence-corrected chi connectivity index (χ0v) is 10.2. The van der Waals surface area contributed by atoms with Gasteiger partial charge in [-0.05, 0) is 24.0 Å². The lowest BCUT2D eigenvalue weighted by Gasteiger charge is -2.11. The van der Waals surface area contributed by atoms with Crippen LogP contribution < -0.4 is 16.5 Å². The molecule has 0 aliphatic carbocycles. The highest BCUT2D eigenvalue weighted by Crippen LogP contribution is 2.26. The van der Waals surface area contributed by atoms with Gasteiger partial charge in [-0.1, -0.05) is 19.0 Å². The zero-order valence-electron chi connectivity index (χ0n) is 10.2. The molecule has 0 amide bonds. The highest BCUT2D eigenvalue weighted by molar-refractivity contribution is 6.69. The van der Waals surface area contributed by atoms with E-state index in [4.69, 9.17) is 10.4 Å². The maximum atomic E-state index is 11.0. The first-order valence-electron chi connectivity index (χ1n) is 5.85. The molecule has 1 unspecified atom stereocenters. The van der Waals surface area contributed by atoms with Crippen LogP contribution >= 0.6 is 0 Å². The van der Waals surface area contributed by atoms with Gasteiger partial charge in [0, 0.05) is 12.2 Å². The molecule has 90 valence electrons. The van der Waals surface area contributed by atoms with Gasteiger partial charge in [0.05, 0.1) is 12.6 Å². The molecule has 0 bridgehead atoms. The normalized spacial score (nSPS) is 18.1. The molecule has 1 aromatic carbocycles. The van der Waals surface area contributed by atoms with Crippen LogP contribution in [0.2, 0.25) is 6.82 Å². The van der Waals surface area contributed by atoms with Crippen LogP contribution in [-0.4, -0.2) is 25.8 Å². The predicted octanol–water partition coefficient (Wildman–Crippen LogP) is 0.546. The molecule has 1 heterocycles. The Hall–Kier alpha value is -1.33. The summed E-state index contributed by atoms with van der Waals surface area (Å²) in [4.78, 5) is 11.0. The molecule has 1 aromatic rings. The monoisotopic (exact) mass is 232 g/mol. The van der Waals surface area contributed by atoms with Gasteiger partial charge < -0.3 is 15.7 Å². The number of ketones is 1. The number of carbonyl (C=O) groups excluding carboxylic acids is 1. The third-order valence-electron chi connectivity index (χ3n) is 3.00. The maximum absolute atomic E-state index is 11.0. The number of nitrogens with one attached hydrogen (secondary N) is 1. The first kappa shape index (κ1) is 12.1. The highest BCUT2D eigenvalue weighted by atomic mass is 16.5. The molecule has 0 fully saturated rings. The molecule has 1 aliphatic heterocycles. The van der Waals surface area contributed by atoms with E-state index in [2.05, 4.69) is 5.32 Å². The van der Waals surface area contributed by atoms with Crippen LogP contribution in [-0.2, 0) is 9.45 Å². The van der Waals surface area contributed by atoms with Gasteiger partial charge in [0.1, 0.15) is 5.78 Å². The van der Waals surface area contributed by atoms with Crippen molar-refractivity contribution in [3.63, 3.8) is 0 Å². The number of nitrogens with two attached hydrogens (primary N) is 1. The lowest BCUT2D eigenvalue weighted by atomic mass is 9.63. The van der Waals surface area contributed by atoms with Crippen molar-refractivity contribution in [2.45, 2.75) is 19.9 Å². The summed E-state index contributed by atoms with van der Waals surface area (Å²) in [6, 6.07) is 5.97. The van der Waals surface area contributed by atoms with Gasteiger partial charge in [0.25, 0.3) is 0 Å². The van der Waals surface area contributed by atoms with Crippen molar-refractivity contribution in [2.75, 3.05) is 18.4 Å². The summed E-state index contributed by atoms with van der Waals surface area (Å²) in [6.07, 6.45) is -0.0286. The van der Waals surface area contributed by atoms with Gasteiger partial charge in [0.2, 0.25) is 0 Å². The molecule has 0 saturated heterocycles. The third kappa shape index (κ3) is 2.35. The first-order chi connectivity index (χ1) is 8.13. The SMILES string of the molecule is CB1OC(CN)c2cccc(NCC(C)=O)c21. The van der Waals surface area contributed by atoms with Crippen LogP contribution in [0.3, 0.4) is 0 Å². The highest BCUT2D eigenvalue weighted by Gasteiger charge is 2.32. The fourth-order valence-corrected chi connectivity index (χ4v) is 2.26. The quantitative estimate of drug-likeness (QED) is 0.744. The van der Waals surface area contributed by atoms with Crippen molar-refractivity contribution in [3.8, 4) is 0 Å². The van der Waals surface area contributed by atoms with E-state index in [1.807, 2.05) is 25.0 Å². The van der Waals surface area contributed by atoms with Crippen molar-refractivity contribution in [1.82, 2.24) is 0 Å². The van der Waals surface area contributed by atoms with Crippen molar-refractivity contribution in [3.05, 3.63) is 23.8 Å². The summed E-state index contributed by atoms with van der Waals surface area (Å²) in [7, 11) is 0. The second-order valence-corrected chi connectivity index (χ2v) is 4.37. The minimum absolute atomic E-state index is 0.0224. The second kappa shape index (κ2) is 4.90. The van der Waals surface area contributed by atoms with Gasteiger partial charge in [-0.15, -0.1) is 0 Å². The minimum atomic E-state index is -0.0286. The molecule has 1 atom stereocenters. The maximum Gasteiger partial charge on any atom is 0.326 e. The van der Waals surface area contributed by atoms with Crippen molar-refractivity contribution < 1.29 is 9.45 Å². The minimum Gasteiger partial charge on any atom is -0.423 e. The first-order valence-corrected chi connectivity index (χ1v) is 5.85. The molecule has 1 aliphatic rings. The Kier molecular flexibility index (Phi) is 3.50. The van der Waals surface area contributed by atoms with E-state index < -0.39 is 0 Å². The predicted molar refractivity (Wildman–Crippen MR) is 69.7 cm³/mol. The summed E-state index contributed by atoms with van der Waals surface area (Å²) in [6.45, 7) is 4.42. The van der Waals surface area contributed by atoms with Crippen molar-refractivity contribution in [2.24, 2.45) is 5.73 Å². The van der Waals surface area contributed by atoms with Crippen LogP contribution in [0.15, 0.2) is 18.2 Å². The Labute approximate surface area is 102 Å². The average molecular weight is 232 g/mol. The number of rotatable bonds is 4. The average Bonchev–Trinajstić information content (AvgIpc) is 2.64. The Balaban J connectivity index is 2.30. The van der Waals surface area contributed by atoms with Gasteiger partial charge >= 0.3 is 6.92 Å². The Morgan fingerprint density at radius 1 is 1.59 bits per heavy atom. The third-order valence-corrected chi connectivity index (χ3v) is 3.00. The Morgan fingerprint density at radius 3 is 3.00 bits per heavy atom. The Morgan fingerprint density at radius 2 is 2.35 bits per heavy atom. The van der Waals surface area contributed by atoms with Crippen molar-refractivity contribution in [1.29, 1.82) is 0 Å². The van der Waals surface area contributed by atoms with E-state index >= 15 is 0 Å². The van der Waals surface area contributed by atoms with E-state index in [-0.39, 0.29) is 18.8 Å². The molecule has 2 rings (SSSR count). The number of carbonyl (C=O) groups is 1. The van der Waals surface area contributed by atoms with Gasteiger partial charge in [-0.2, -0.15) is 0 Å². The van der Waals surface area contributed by atoms with E-state index in [9.17, 15) is 4.79 Å². The largest absolute Gasteiger partial charge is 0.423 e. The van der Waals surface area contributed by atoms with E-state index in [1.165, 1.54) is 0 Å². The number of benzene rings is 1. The number of Topliss-reactive ketones (excluding diaryl/α,β-unsaturated/α-hetero) is 1. The second-order valence-electron chi connectivity index (χ2n) is 4.37. The molecule has 17 heavy (non-hydrogen) atoms. The summed E-state index contributed by atoms with van der Waals surface area (Å²) in [5.74, 6) is 0.115. The molecular formula is C12H17BN2O2. The number of fused-ring (bicyclic) bond motifs is 1. The number of hydrogen-bond donors (Lipinski definition) is 2. The zero-order chi connectivity index (χ0) is 12.4. The standard InChI is InChI=1S/C12H17BN2O2/c1-8(16)7-15-10-5-3-4-9-11(6-14)17-13(2)12(9)10/h3-5,11,15H,6-7,14H2,1-2H3. The van der Waals surface area contributed by atoms with Gasteiger partial charge in [-0.3, -0.25) is 4.79 Å². The molecular weight excluding hydrogens is 215 g/mol. The van der Waals surface area contributed by atoms with Crippen LogP contribution in [0.1, 0.15) is 18.6 Å². The molecule has 0 saturated carbocycles. The summed E-state index contributed by atoms with van der Waals surface area (Å²) < 4.78 is 5.78. The number of anilines is 1. The topological polar surface area (TPSA) is 64.3 Å². The van der Waals surface area contributed by atoms with Crippen LogP contribution in [0.4, 0.5) is 5.69 Å². The van der Waals surface area contributed by atoms with E-state index in [1.54, 1.807) is 6.92 Å². The van der Waals surface area contributed by atoms with Crippen LogP contribution in [0.5, 0.6) is 0 Å². The van der Waals surface area contributed by atoms with Gasteiger partial charge in [0.15, 0.2) is 0 Å². The van der Waals surface area contributed by atoms with Crippen LogP contribution in [0.25, 0.3) is 0 Å². The smallest absolute Gasteiger partial charge is 0.326 e. The molecule has 0 spiro atoms. The molecule has 4 nitrogen and oxygen atoms in total. The molecule has 3 N–H and O–H groups in total. The fraction of sp³-hybridized carbons (Fsp3) is 0.417. The molecule has 0 radical (unpaired) electrons. The molecule has 0 aromatic heterocycles. The Bertz CT molecular complexity index is 437. The summed E-state index contributed by atoms with van der Waals surface area (Å²) in [5, 5.41) is 3.15. The van der Waals surface area contributed by atoms with Crippen molar-refractivity contribution >= 4 is 23.8 Å².